The van der Waals surface area contributed by atoms with E-state index in [9.17, 15) is 9.59 Å². The molecule has 1 heterocycles. The minimum Gasteiger partial charge on any atom is -0.464 e. The maximum Gasteiger partial charge on any atom is 0.420 e. The van der Waals surface area contributed by atoms with Gasteiger partial charge in [0.2, 0.25) is 0 Å². The van der Waals surface area contributed by atoms with Crippen LogP contribution in [0.5, 0.6) is 0 Å². The van der Waals surface area contributed by atoms with Crippen molar-refractivity contribution in [1.82, 2.24) is 4.57 Å². The van der Waals surface area contributed by atoms with E-state index in [1.54, 1.807) is 26.8 Å². The van der Waals surface area contributed by atoms with Crippen molar-refractivity contribution in [3.05, 3.63) is 21.5 Å². The number of carbonyl (C=O) groups excluding carboxylic acids is 2. The fourth-order valence-electron chi connectivity index (χ4n) is 1.17. The molecule has 0 bridgehead atoms. The standard InChI is InChI=1S/C11H14INO4/c1-11(2,3)17-10(15)13-7(9(14)16-4)5-6-8(13)12/h5-6H,1-4H3. The van der Waals surface area contributed by atoms with Crippen molar-refractivity contribution in [2.45, 2.75) is 26.4 Å². The molecular formula is C11H14INO4. The van der Waals surface area contributed by atoms with E-state index in [1.165, 1.54) is 17.7 Å². The Morgan fingerprint density at radius 3 is 2.35 bits per heavy atom. The Balaban J connectivity index is 3.09. The number of ether oxygens (including phenoxy) is 2. The van der Waals surface area contributed by atoms with E-state index < -0.39 is 17.7 Å². The maximum atomic E-state index is 11.9. The van der Waals surface area contributed by atoms with Crippen LogP contribution >= 0.6 is 22.6 Å². The molecule has 94 valence electrons. The quantitative estimate of drug-likeness (QED) is 0.577. The summed E-state index contributed by atoms with van der Waals surface area (Å²) in [6.07, 6.45) is -0.590. The van der Waals surface area contributed by atoms with Crippen molar-refractivity contribution in [2.24, 2.45) is 0 Å². The van der Waals surface area contributed by atoms with Gasteiger partial charge in [-0.3, -0.25) is 0 Å². The van der Waals surface area contributed by atoms with Crippen LogP contribution in [-0.2, 0) is 9.47 Å². The van der Waals surface area contributed by atoms with Gasteiger partial charge in [0, 0.05) is 0 Å². The minimum absolute atomic E-state index is 0.158. The molecular weight excluding hydrogens is 337 g/mol. The summed E-state index contributed by atoms with van der Waals surface area (Å²) in [6, 6.07) is 3.17. The summed E-state index contributed by atoms with van der Waals surface area (Å²) in [5, 5.41) is 0. The van der Waals surface area contributed by atoms with Crippen molar-refractivity contribution in [1.29, 1.82) is 0 Å². The number of rotatable bonds is 1. The smallest absolute Gasteiger partial charge is 0.420 e. The summed E-state index contributed by atoms with van der Waals surface area (Å²) in [4.78, 5) is 23.4. The second-order valence-corrected chi connectivity index (χ2v) is 5.45. The van der Waals surface area contributed by atoms with Crippen LogP contribution in [0, 0.1) is 3.70 Å². The monoisotopic (exact) mass is 351 g/mol. The molecule has 0 amide bonds. The van der Waals surface area contributed by atoms with Gasteiger partial charge in [-0.05, 0) is 55.5 Å². The molecule has 1 aromatic rings. The van der Waals surface area contributed by atoms with E-state index in [-0.39, 0.29) is 5.69 Å². The number of methoxy groups -OCH3 is 1. The Morgan fingerprint density at radius 1 is 1.29 bits per heavy atom. The van der Waals surface area contributed by atoms with E-state index in [4.69, 9.17) is 4.74 Å². The van der Waals surface area contributed by atoms with Crippen LogP contribution < -0.4 is 0 Å². The van der Waals surface area contributed by atoms with Gasteiger partial charge in [0.15, 0.2) is 0 Å². The molecule has 1 rings (SSSR count). The minimum atomic E-state index is -0.613. The fraction of sp³-hybridized carbons (Fsp3) is 0.455. The maximum absolute atomic E-state index is 11.9. The van der Waals surface area contributed by atoms with Crippen LogP contribution in [0.2, 0.25) is 0 Å². The molecule has 0 unspecified atom stereocenters. The fourth-order valence-corrected chi connectivity index (χ4v) is 1.81. The van der Waals surface area contributed by atoms with Gasteiger partial charge in [-0.2, -0.15) is 0 Å². The highest BCUT2D eigenvalue weighted by Crippen LogP contribution is 2.16. The second kappa shape index (κ2) is 5.07. The van der Waals surface area contributed by atoms with Crippen LogP contribution in [0.15, 0.2) is 12.1 Å². The Kier molecular flexibility index (Phi) is 4.18. The average Bonchev–Trinajstić information content (AvgIpc) is 2.56. The summed E-state index contributed by atoms with van der Waals surface area (Å²) >= 11 is 1.95. The van der Waals surface area contributed by atoms with Gasteiger partial charge in [-0.25, -0.2) is 14.2 Å². The molecule has 17 heavy (non-hydrogen) atoms. The van der Waals surface area contributed by atoms with E-state index in [2.05, 4.69) is 4.74 Å². The van der Waals surface area contributed by atoms with Gasteiger partial charge in [0.25, 0.3) is 0 Å². The number of hydrogen-bond acceptors (Lipinski definition) is 4. The molecule has 0 radical (unpaired) electrons. The highest BCUT2D eigenvalue weighted by atomic mass is 127. The van der Waals surface area contributed by atoms with E-state index in [1.807, 2.05) is 22.6 Å². The zero-order valence-corrected chi connectivity index (χ0v) is 12.3. The lowest BCUT2D eigenvalue weighted by atomic mass is 10.2. The van der Waals surface area contributed by atoms with Gasteiger partial charge in [-0.1, -0.05) is 0 Å². The lowest BCUT2D eigenvalue weighted by Gasteiger charge is -2.20. The number of carbonyl (C=O) groups is 2. The first-order valence-corrected chi connectivity index (χ1v) is 6.03. The van der Waals surface area contributed by atoms with E-state index in [0.29, 0.717) is 3.70 Å². The van der Waals surface area contributed by atoms with Gasteiger partial charge >= 0.3 is 12.1 Å². The normalized spacial score (nSPS) is 11.1. The number of halogens is 1. The Labute approximate surface area is 113 Å². The first kappa shape index (κ1) is 14.0. The molecule has 0 N–H and O–H groups in total. The zero-order chi connectivity index (χ0) is 13.2. The molecule has 0 saturated heterocycles. The Morgan fingerprint density at radius 2 is 1.88 bits per heavy atom. The molecule has 6 heteroatoms. The second-order valence-electron chi connectivity index (χ2n) is 4.35. The highest BCUT2D eigenvalue weighted by Gasteiger charge is 2.24. The molecule has 0 aromatic carbocycles. The van der Waals surface area contributed by atoms with Gasteiger partial charge in [0.05, 0.1) is 10.8 Å². The lowest BCUT2D eigenvalue weighted by molar-refractivity contribution is 0.0480. The summed E-state index contributed by atoms with van der Waals surface area (Å²) in [6.45, 7) is 5.29. The predicted octanol–water partition coefficient (Wildman–Crippen LogP) is 2.66. The number of hydrogen-bond donors (Lipinski definition) is 0. The first-order valence-electron chi connectivity index (χ1n) is 4.95. The SMILES string of the molecule is COC(=O)c1ccc(I)n1C(=O)OC(C)(C)C. The van der Waals surface area contributed by atoms with Gasteiger partial charge < -0.3 is 9.47 Å². The molecule has 0 aliphatic rings. The lowest BCUT2D eigenvalue weighted by Crippen LogP contribution is -2.29. The van der Waals surface area contributed by atoms with E-state index >= 15 is 0 Å². The van der Waals surface area contributed by atoms with Crippen LogP contribution in [0.4, 0.5) is 4.79 Å². The summed E-state index contributed by atoms with van der Waals surface area (Å²) in [7, 11) is 1.27. The molecule has 1 aromatic heterocycles. The third-order valence-corrected chi connectivity index (χ3v) is 2.65. The van der Waals surface area contributed by atoms with Crippen molar-refractivity contribution < 1.29 is 19.1 Å². The third kappa shape index (κ3) is 3.45. The predicted molar refractivity (Wildman–Crippen MR) is 70.1 cm³/mol. The van der Waals surface area contributed by atoms with Crippen molar-refractivity contribution in [3.63, 3.8) is 0 Å². The molecule has 0 aliphatic carbocycles. The topological polar surface area (TPSA) is 57.5 Å². The third-order valence-electron chi connectivity index (χ3n) is 1.80. The molecule has 0 aliphatic heterocycles. The van der Waals surface area contributed by atoms with Crippen LogP contribution in [0.25, 0.3) is 0 Å². The van der Waals surface area contributed by atoms with Gasteiger partial charge in [0.1, 0.15) is 11.3 Å². The van der Waals surface area contributed by atoms with Crippen molar-refractivity contribution in [3.8, 4) is 0 Å². The first-order chi connectivity index (χ1) is 7.76. The summed E-state index contributed by atoms with van der Waals surface area (Å²) in [5.41, 5.74) is -0.455. The largest absolute Gasteiger partial charge is 0.464 e. The molecule has 0 atom stereocenters. The van der Waals surface area contributed by atoms with Crippen LogP contribution in [0.1, 0.15) is 31.3 Å². The number of esters is 1. The van der Waals surface area contributed by atoms with Crippen molar-refractivity contribution >= 4 is 34.7 Å². The van der Waals surface area contributed by atoms with Crippen LogP contribution in [0.3, 0.4) is 0 Å². The Hall–Kier alpha value is -1.05. The highest BCUT2D eigenvalue weighted by molar-refractivity contribution is 14.1. The summed E-state index contributed by atoms with van der Waals surface area (Å²) < 4.78 is 11.6. The molecule has 0 spiro atoms. The molecule has 0 saturated carbocycles. The zero-order valence-electron chi connectivity index (χ0n) is 10.1. The summed E-state index contributed by atoms with van der Waals surface area (Å²) in [5.74, 6) is -0.571. The Bertz CT molecular complexity index is 445. The van der Waals surface area contributed by atoms with E-state index in [0.717, 1.165) is 0 Å². The van der Waals surface area contributed by atoms with Crippen LogP contribution in [-0.4, -0.2) is 29.3 Å². The van der Waals surface area contributed by atoms with Gasteiger partial charge in [-0.15, -0.1) is 0 Å². The molecule has 0 fully saturated rings. The molecule has 5 nitrogen and oxygen atoms in total. The number of aromatic nitrogens is 1. The van der Waals surface area contributed by atoms with Crippen molar-refractivity contribution in [2.75, 3.05) is 7.11 Å². The average molecular weight is 351 g/mol. The number of nitrogens with zero attached hydrogens (tertiary/aromatic N) is 1.